The zero-order chi connectivity index (χ0) is 19.3. The van der Waals surface area contributed by atoms with Gasteiger partial charge in [-0.25, -0.2) is 0 Å². The van der Waals surface area contributed by atoms with E-state index in [-0.39, 0.29) is 23.5 Å². The lowest BCUT2D eigenvalue weighted by atomic mass is 10.0. The molecule has 0 heterocycles. The first-order valence-electron chi connectivity index (χ1n) is 8.57. The van der Waals surface area contributed by atoms with E-state index in [1.807, 2.05) is 32.9 Å². The van der Waals surface area contributed by atoms with E-state index in [1.54, 1.807) is 36.4 Å². The van der Waals surface area contributed by atoms with Gasteiger partial charge in [0, 0.05) is 16.8 Å². The Morgan fingerprint density at radius 1 is 0.923 bits per heavy atom. The Morgan fingerprint density at radius 3 is 2.15 bits per heavy atom. The van der Waals surface area contributed by atoms with Gasteiger partial charge >= 0.3 is 0 Å². The third-order valence-corrected chi connectivity index (χ3v) is 4.09. The minimum absolute atomic E-state index is 0.0748. The summed E-state index contributed by atoms with van der Waals surface area (Å²) in [4.78, 5) is 36.6. The van der Waals surface area contributed by atoms with Crippen LogP contribution in [-0.4, -0.2) is 23.6 Å². The monoisotopic (exact) mass is 352 g/mol. The van der Waals surface area contributed by atoms with E-state index in [9.17, 15) is 14.4 Å². The number of aryl methyl sites for hydroxylation is 1. The molecule has 2 aromatic rings. The summed E-state index contributed by atoms with van der Waals surface area (Å²) < 4.78 is 0. The molecule has 136 valence electrons. The van der Waals surface area contributed by atoms with Gasteiger partial charge in [0.25, 0.3) is 5.91 Å². The molecule has 0 aliphatic heterocycles. The SMILES string of the molecule is CC(=O)c1cccc(NC(=O)[C@H](NC(=O)c2ccc(C)cc2)C(C)C)c1. The van der Waals surface area contributed by atoms with Gasteiger partial charge in [-0.1, -0.05) is 43.7 Å². The standard InChI is InChI=1S/C21H24N2O3/c1-13(2)19(23-20(25)16-10-8-14(3)9-11-16)21(26)22-18-7-5-6-17(12-18)15(4)24/h5-13,19H,1-4H3,(H,22,26)(H,23,25)/t19-/m1/s1. The Hall–Kier alpha value is -2.95. The van der Waals surface area contributed by atoms with Gasteiger partial charge in [0.2, 0.25) is 5.91 Å². The van der Waals surface area contributed by atoms with E-state index in [4.69, 9.17) is 0 Å². The lowest BCUT2D eigenvalue weighted by Crippen LogP contribution is -2.47. The van der Waals surface area contributed by atoms with Crippen molar-refractivity contribution in [1.29, 1.82) is 0 Å². The normalized spacial score (nSPS) is 11.7. The van der Waals surface area contributed by atoms with Gasteiger partial charge < -0.3 is 10.6 Å². The summed E-state index contributed by atoms with van der Waals surface area (Å²) in [5, 5.41) is 5.57. The average Bonchev–Trinajstić information content (AvgIpc) is 2.59. The summed E-state index contributed by atoms with van der Waals surface area (Å²) in [7, 11) is 0. The van der Waals surface area contributed by atoms with E-state index in [0.717, 1.165) is 5.56 Å². The highest BCUT2D eigenvalue weighted by Gasteiger charge is 2.25. The van der Waals surface area contributed by atoms with Crippen LogP contribution in [0.1, 0.15) is 47.1 Å². The maximum atomic E-state index is 12.6. The van der Waals surface area contributed by atoms with Crippen LogP contribution in [0, 0.1) is 12.8 Å². The topological polar surface area (TPSA) is 75.3 Å². The van der Waals surface area contributed by atoms with Gasteiger partial charge in [-0.15, -0.1) is 0 Å². The highest BCUT2D eigenvalue weighted by atomic mass is 16.2. The summed E-state index contributed by atoms with van der Waals surface area (Å²) in [5.41, 5.74) is 2.61. The van der Waals surface area contributed by atoms with Crippen LogP contribution in [0.25, 0.3) is 0 Å². The van der Waals surface area contributed by atoms with Crippen LogP contribution in [-0.2, 0) is 4.79 Å². The number of amides is 2. The number of ketones is 1. The van der Waals surface area contributed by atoms with Gasteiger partial charge in [-0.3, -0.25) is 14.4 Å². The Labute approximate surface area is 153 Å². The quantitative estimate of drug-likeness (QED) is 0.780. The third-order valence-electron chi connectivity index (χ3n) is 4.09. The van der Waals surface area contributed by atoms with Crippen LogP contribution in [0.5, 0.6) is 0 Å². The largest absolute Gasteiger partial charge is 0.340 e. The molecule has 26 heavy (non-hydrogen) atoms. The molecular weight excluding hydrogens is 328 g/mol. The highest BCUT2D eigenvalue weighted by molar-refractivity contribution is 6.02. The van der Waals surface area contributed by atoms with Gasteiger partial charge in [-0.2, -0.15) is 0 Å². The van der Waals surface area contributed by atoms with Crippen molar-refractivity contribution in [1.82, 2.24) is 5.32 Å². The van der Waals surface area contributed by atoms with Crippen LogP contribution in [0.15, 0.2) is 48.5 Å². The second-order valence-corrected chi connectivity index (χ2v) is 6.69. The summed E-state index contributed by atoms with van der Waals surface area (Å²) in [5.74, 6) is -0.785. The molecule has 0 bridgehead atoms. The van der Waals surface area contributed by atoms with Gasteiger partial charge in [0.1, 0.15) is 6.04 Å². The molecule has 2 amide bonds. The predicted octanol–water partition coefficient (Wildman–Crippen LogP) is 3.59. The lowest BCUT2D eigenvalue weighted by Gasteiger charge is -2.22. The number of carbonyl (C=O) groups is 3. The van der Waals surface area contributed by atoms with Crippen molar-refractivity contribution < 1.29 is 14.4 Å². The molecule has 0 saturated carbocycles. The minimum Gasteiger partial charge on any atom is -0.340 e. The van der Waals surface area contributed by atoms with E-state index in [2.05, 4.69) is 10.6 Å². The molecule has 5 heteroatoms. The molecule has 1 atom stereocenters. The molecule has 5 nitrogen and oxygen atoms in total. The van der Waals surface area contributed by atoms with Crippen LogP contribution in [0.3, 0.4) is 0 Å². The number of anilines is 1. The second kappa shape index (κ2) is 8.43. The van der Waals surface area contributed by atoms with Crippen molar-refractivity contribution in [3.05, 3.63) is 65.2 Å². The first-order chi connectivity index (χ1) is 12.3. The van der Waals surface area contributed by atoms with E-state index in [0.29, 0.717) is 16.8 Å². The molecule has 0 aromatic heterocycles. The summed E-state index contributed by atoms with van der Waals surface area (Å²) in [6, 6.07) is 13.2. The molecule has 0 unspecified atom stereocenters. The van der Waals surface area contributed by atoms with Crippen molar-refractivity contribution in [2.45, 2.75) is 33.7 Å². The number of carbonyl (C=O) groups excluding carboxylic acids is 3. The van der Waals surface area contributed by atoms with Crippen LogP contribution in [0.4, 0.5) is 5.69 Å². The fourth-order valence-electron chi connectivity index (χ4n) is 2.50. The van der Waals surface area contributed by atoms with E-state index >= 15 is 0 Å². The van der Waals surface area contributed by atoms with Gasteiger partial charge in [0.15, 0.2) is 5.78 Å². The number of benzene rings is 2. The number of hydrogen-bond donors (Lipinski definition) is 2. The van der Waals surface area contributed by atoms with Crippen molar-refractivity contribution in [3.63, 3.8) is 0 Å². The Kier molecular flexibility index (Phi) is 6.28. The first kappa shape index (κ1) is 19.4. The van der Waals surface area contributed by atoms with Crippen LogP contribution < -0.4 is 10.6 Å². The zero-order valence-corrected chi connectivity index (χ0v) is 15.5. The molecule has 0 aliphatic carbocycles. The van der Waals surface area contributed by atoms with Gasteiger partial charge in [0.05, 0.1) is 0 Å². The fraction of sp³-hybridized carbons (Fsp3) is 0.286. The second-order valence-electron chi connectivity index (χ2n) is 6.69. The highest BCUT2D eigenvalue weighted by Crippen LogP contribution is 2.14. The van der Waals surface area contributed by atoms with Crippen molar-refractivity contribution in [3.8, 4) is 0 Å². The third kappa shape index (κ3) is 5.02. The summed E-state index contributed by atoms with van der Waals surface area (Å²) >= 11 is 0. The smallest absolute Gasteiger partial charge is 0.251 e. The fourth-order valence-corrected chi connectivity index (χ4v) is 2.50. The molecule has 0 aliphatic rings. The van der Waals surface area contributed by atoms with Crippen molar-refractivity contribution >= 4 is 23.3 Å². The number of rotatable bonds is 6. The number of nitrogens with one attached hydrogen (secondary N) is 2. The number of hydrogen-bond acceptors (Lipinski definition) is 3. The van der Waals surface area contributed by atoms with E-state index < -0.39 is 6.04 Å². The Morgan fingerprint density at radius 2 is 1.58 bits per heavy atom. The molecular formula is C21H24N2O3. The summed E-state index contributed by atoms with van der Waals surface area (Å²) in [6.07, 6.45) is 0. The molecule has 0 fully saturated rings. The molecule has 0 radical (unpaired) electrons. The first-order valence-corrected chi connectivity index (χ1v) is 8.57. The molecule has 2 aromatic carbocycles. The Bertz CT molecular complexity index is 810. The van der Waals surface area contributed by atoms with Crippen molar-refractivity contribution in [2.24, 2.45) is 5.92 Å². The van der Waals surface area contributed by atoms with E-state index in [1.165, 1.54) is 6.92 Å². The maximum absolute atomic E-state index is 12.6. The minimum atomic E-state index is -0.690. The summed E-state index contributed by atoms with van der Waals surface area (Å²) in [6.45, 7) is 7.15. The number of Topliss-reactive ketones (excluding diaryl/α,β-unsaturated/α-hetero) is 1. The molecule has 2 rings (SSSR count). The predicted molar refractivity (Wildman–Crippen MR) is 102 cm³/mol. The molecule has 0 spiro atoms. The maximum Gasteiger partial charge on any atom is 0.251 e. The molecule has 2 N–H and O–H groups in total. The van der Waals surface area contributed by atoms with Crippen LogP contribution >= 0.6 is 0 Å². The lowest BCUT2D eigenvalue weighted by molar-refractivity contribution is -0.118. The van der Waals surface area contributed by atoms with Crippen LogP contribution in [0.2, 0.25) is 0 Å². The molecule has 0 saturated heterocycles. The zero-order valence-electron chi connectivity index (χ0n) is 15.5. The van der Waals surface area contributed by atoms with Crippen molar-refractivity contribution in [2.75, 3.05) is 5.32 Å². The average molecular weight is 352 g/mol. The van der Waals surface area contributed by atoms with Gasteiger partial charge in [-0.05, 0) is 44.0 Å². The Balaban J connectivity index is 2.12.